The number of methoxy groups -OCH3 is 1. The minimum Gasteiger partial charge on any atom is -0.497 e. The topological polar surface area (TPSA) is 42.3 Å². The van der Waals surface area contributed by atoms with Gasteiger partial charge >= 0.3 is 0 Å². The summed E-state index contributed by atoms with van der Waals surface area (Å²) in [6.07, 6.45) is 3.92. The molecule has 0 saturated carbocycles. The summed E-state index contributed by atoms with van der Waals surface area (Å²) in [5.74, 6) is 0.836. The molecule has 160 valence electrons. The zero-order chi connectivity index (χ0) is 21.9. The van der Waals surface area contributed by atoms with Crippen molar-refractivity contribution < 1.29 is 4.74 Å². The number of hydrogen-bond acceptors (Lipinski definition) is 3. The lowest BCUT2D eigenvalue weighted by Gasteiger charge is -2.29. The molecule has 1 aliphatic heterocycles. The number of ether oxygens (including phenoxy) is 1. The molecular weight excluding hydrogens is 416 g/mol. The Hall–Kier alpha value is -3.64. The minimum absolute atomic E-state index is 0.0188. The van der Waals surface area contributed by atoms with Crippen LogP contribution in [-0.4, -0.2) is 26.7 Å². The van der Waals surface area contributed by atoms with Crippen LogP contribution < -0.4 is 10.1 Å². The summed E-state index contributed by atoms with van der Waals surface area (Å²) in [6, 6.07) is 28.7. The second-order valence-electron chi connectivity index (χ2n) is 7.74. The van der Waals surface area contributed by atoms with Gasteiger partial charge in [0.15, 0.2) is 5.11 Å². The minimum atomic E-state index is -0.0562. The van der Waals surface area contributed by atoms with E-state index in [1.54, 1.807) is 7.11 Å². The molecule has 0 aliphatic carbocycles. The Balaban J connectivity index is 1.58. The van der Waals surface area contributed by atoms with E-state index < -0.39 is 0 Å². The summed E-state index contributed by atoms with van der Waals surface area (Å²) in [4.78, 5) is 6.91. The SMILES string of the molecule is COc1ccc(-n2cccc2C2C(c3ccccn3)NC(=S)N2Cc2ccccc2)cc1. The van der Waals surface area contributed by atoms with Crippen molar-refractivity contribution in [2.75, 3.05) is 7.11 Å². The molecule has 2 atom stereocenters. The van der Waals surface area contributed by atoms with Crippen molar-refractivity contribution in [2.24, 2.45) is 0 Å². The monoisotopic (exact) mass is 440 g/mol. The number of benzene rings is 2. The van der Waals surface area contributed by atoms with Crippen molar-refractivity contribution in [1.29, 1.82) is 0 Å². The second-order valence-corrected chi connectivity index (χ2v) is 8.13. The lowest BCUT2D eigenvalue weighted by molar-refractivity contribution is 0.302. The highest BCUT2D eigenvalue weighted by molar-refractivity contribution is 7.80. The fourth-order valence-electron chi connectivity index (χ4n) is 4.29. The molecule has 0 bridgehead atoms. The zero-order valence-corrected chi connectivity index (χ0v) is 18.6. The smallest absolute Gasteiger partial charge is 0.170 e. The first-order chi connectivity index (χ1) is 15.7. The Kier molecular flexibility index (Phi) is 5.60. The normalized spacial score (nSPS) is 17.9. The Bertz CT molecular complexity index is 1190. The Morgan fingerprint density at radius 2 is 1.72 bits per heavy atom. The van der Waals surface area contributed by atoms with Crippen LogP contribution in [-0.2, 0) is 6.54 Å². The lowest BCUT2D eigenvalue weighted by atomic mass is 10.0. The van der Waals surface area contributed by atoms with Crippen LogP contribution in [0, 0.1) is 0 Å². The van der Waals surface area contributed by atoms with Crippen molar-refractivity contribution >= 4 is 17.3 Å². The standard InChI is InChI=1S/C26H24N4OS/c1-31-21-14-12-20(13-15-21)29-17-7-11-23(29)25-24(22-10-5-6-16-27-22)28-26(32)30(25)18-19-8-3-2-4-9-19/h2-17,24-25H,18H2,1H3,(H,28,32). The molecular formula is C26H24N4OS. The van der Waals surface area contributed by atoms with Crippen LogP contribution in [0.4, 0.5) is 0 Å². The predicted molar refractivity (Wildman–Crippen MR) is 130 cm³/mol. The molecule has 5 rings (SSSR count). The number of nitrogens with zero attached hydrogens (tertiary/aromatic N) is 3. The van der Waals surface area contributed by atoms with Crippen LogP contribution in [0.15, 0.2) is 97.3 Å². The van der Waals surface area contributed by atoms with Gasteiger partial charge in [0.25, 0.3) is 0 Å². The van der Waals surface area contributed by atoms with Gasteiger partial charge in [-0.05, 0) is 66.3 Å². The number of pyridine rings is 1. The molecule has 0 radical (unpaired) electrons. The zero-order valence-electron chi connectivity index (χ0n) is 17.8. The van der Waals surface area contributed by atoms with E-state index in [0.717, 1.165) is 27.9 Å². The number of nitrogens with one attached hydrogen (secondary N) is 1. The molecule has 5 nitrogen and oxygen atoms in total. The van der Waals surface area contributed by atoms with Gasteiger partial charge in [-0.25, -0.2) is 0 Å². The molecule has 6 heteroatoms. The van der Waals surface area contributed by atoms with Crippen LogP contribution in [0.25, 0.3) is 5.69 Å². The molecule has 0 spiro atoms. The Labute approximate surface area is 193 Å². The maximum absolute atomic E-state index is 5.82. The summed E-state index contributed by atoms with van der Waals surface area (Å²) >= 11 is 5.82. The van der Waals surface area contributed by atoms with Gasteiger partial charge in [-0.2, -0.15) is 0 Å². The molecule has 0 amide bonds. The van der Waals surface area contributed by atoms with E-state index in [-0.39, 0.29) is 12.1 Å². The van der Waals surface area contributed by atoms with Gasteiger partial charge in [0.1, 0.15) is 5.75 Å². The third-order valence-electron chi connectivity index (χ3n) is 5.83. The Morgan fingerprint density at radius 1 is 0.938 bits per heavy atom. The van der Waals surface area contributed by atoms with Crippen molar-refractivity contribution in [3.63, 3.8) is 0 Å². The number of hydrogen-bond donors (Lipinski definition) is 1. The quantitative estimate of drug-likeness (QED) is 0.425. The summed E-state index contributed by atoms with van der Waals surface area (Å²) in [7, 11) is 1.68. The first kappa shape index (κ1) is 20.3. The highest BCUT2D eigenvalue weighted by atomic mass is 32.1. The molecule has 2 aromatic carbocycles. The molecule has 1 fully saturated rings. The van der Waals surface area contributed by atoms with Gasteiger partial charge < -0.3 is 19.5 Å². The van der Waals surface area contributed by atoms with E-state index in [4.69, 9.17) is 17.0 Å². The van der Waals surface area contributed by atoms with Gasteiger partial charge in [0.2, 0.25) is 0 Å². The van der Waals surface area contributed by atoms with E-state index in [2.05, 4.69) is 80.6 Å². The van der Waals surface area contributed by atoms with Gasteiger partial charge in [-0.1, -0.05) is 36.4 Å². The van der Waals surface area contributed by atoms with Crippen molar-refractivity contribution in [2.45, 2.75) is 18.6 Å². The summed E-state index contributed by atoms with van der Waals surface area (Å²) in [5.41, 5.74) is 4.40. The molecule has 1 N–H and O–H groups in total. The third kappa shape index (κ3) is 3.85. The molecule has 1 aliphatic rings. The van der Waals surface area contributed by atoms with Gasteiger partial charge in [0.05, 0.1) is 24.9 Å². The highest BCUT2D eigenvalue weighted by Gasteiger charge is 2.41. The maximum Gasteiger partial charge on any atom is 0.170 e. The number of rotatable bonds is 6. The van der Waals surface area contributed by atoms with Crippen molar-refractivity contribution in [3.05, 3.63) is 114 Å². The molecule has 1 saturated heterocycles. The fraction of sp³-hybridized carbons (Fsp3) is 0.154. The van der Waals surface area contributed by atoms with Gasteiger partial charge in [0, 0.05) is 30.3 Å². The van der Waals surface area contributed by atoms with E-state index in [9.17, 15) is 0 Å². The van der Waals surface area contributed by atoms with Crippen LogP contribution in [0.3, 0.4) is 0 Å². The fourth-order valence-corrected chi connectivity index (χ4v) is 4.60. The summed E-state index contributed by atoms with van der Waals surface area (Å²) in [6.45, 7) is 0.717. The first-order valence-corrected chi connectivity index (χ1v) is 11.0. The van der Waals surface area contributed by atoms with Gasteiger partial charge in [-0.15, -0.1) is 0 Å². The molecule has 32 heavy (non-hydrogen) atoms. The predicted octanol–water partition coefficient (Wildman–Crippen LogP) is 5.05. The maximum atomic E-state index is 5.82. The average Bonchev–Trinajstić information content (AvgIpc) is 3.45. The van der Waals surface area contributed by atoms with Crippen molar-refractivity contribution in [3.8, 4) is 11.4 Å². The molecule has 2 aromatic heterocycles. The third-order valence-corrected chi connectivity index (χ3v) is 6.18. The highest BCUT2D eigenvalue weighted by Crippen LogP contribution is 2.40. The summed E-state index contributed by atoms with van der Waals surface area (Å²) < 4.78 is 7.55. The van der Waals surface area contributed by atoms with E-state index >= 15 is 0 Å². The van der Waals surface area contributed by atoms with Gasteiger partial charge in [-0.3, -0.25) is 4.98 Å². The van der Waals surface area contributed by atoms with E-state index in [1.807, 2.05) is 36.5 Å². The average molecular weight is 441 g/mol. The van der Waals surface area contributed by atoms with Crippen LogP contribution in [0.5, 0.6) is 5.75 Å². The first-order valence-electron chi connectivity index (χ1n) is 10.6. The Morgan fingerprint density at radius 3 is 2.44 bits per heavy atom. The molecule has 3 heterocycles. The number of thiocarbonyl (C=S) groups is 1. The van der Waals surface area contributed by atoms with E-state index in [0.29, 0.717) is 6.54 Å². The lowest BCUT2D eigenvalue weighted by Crippen LogP contribution is -2.30. The van der Waals surface area contributed by atoms with Crippen LogP contribution in [0.1, 0.15) is 29.0 Å². The summed E-state index contributed by atoms with van der Waals surface area (Å²) in [5, 5.41) is 4.27. The second kappa shape index (κ2) is 8.85. The van der Waals surface area contributed by atoms with Crippen molar-refractivity contribution in [1.82, 2.24) is 19.8 Å². The molecule has 4 aromatic rings. The van der Waals surface area contributed by atoms with Crippen LogP contribution in [0.2, 0.25) is 0 Å². The molecule has 2 unspecified atom stereocenters. The number of aromatic nitrogens is 2. The van der Waals surface area contributed by atoms with Crippen LogP contribution >= 0.6 is 12.2 Å². The van der Waals surface area contributed by atoms with E-state index in [1.165, 1.54) is 5.56 Å². The largest absolute Gasteiger partial charge is 0.497 e.